The molecule has 1 aliphatic carbocycles. The van der Waals surface area contributed by atoms with E-state index >= 15 is 0 Å². The van der Waals surface area contributed by atoms with Crippen LogP contribution in [0.4, 0.5) is 0 Å². The maximum Gasteiger partial charge on any atom is 0.0429 e. The highest BCUT2D eigenvalue weighted by atomic mass is 79.9. The maximum absolute atomic E-state index is 3.84. The summed E-state index contributed by atoms with van der Waals surface area (Å²) in [5.41, 5.74) is 1.43. The van der Waals surface area contributed by atoms with Crippen LogP contribution in [0, 0.1) is 5.92 Å². The Kier molecular flexibility index (Phi) is 2.80. The molecule has 0 amide bonds. The van der Waals surface area contributed by atoms with E-state index in [9.17, 15) is 0 Å². The molecule has 3 rings (SSSR count). The van der Waals surface area contributed by atoms with Crippen molar-refractivity contribution in [2.24, 2.45) is 5.92 Å². The summed E-state index contributed by atoms with van der Waals surface area (Å²) < 4.78 is 1.18. The third kappa shape index (κ3) is 1.82. The molecule has 1 saturated carbocycles. The fourth-order valence-corrected chi connectivity index (χ4v) is 3.57. The molecule has 0 aliphatic heterocycles. The number of hydrogen-bond acceptors (Lipinski definition) is 0. The molecular formula is C14H12Br2. The van der Waals surface area contributed by atoms with Crippen LogP contribution in [0.1, 0.15) is 23.2 Å². The summed E-state index contributed by atoms with van der Waals surface area (Å²) in [6.45, 7) is 0. The van der Waals surface area contributed by atoms with Crippen molar-refractivity contribution in [1.82, 2.24) is 0 Å². The minimum atomic E-state index is 0.519. The Bertz CT molecular complexity index is 529. The zero-order valence-corrected chi connectivity index (χ0v) is 12.0. The van der Waals surface area contributed by atoms with Gasteiger partial charge >= 0.3 is 0 Å². The lowest BCUT2D eigenvalue weighted by Gasteiger charge is -2.13. The normalized spacial score (nSPS) is 17.6. The Morgan fingerprint density at radius 2 is 1.69 bits per heavy atom. The fraction of sp³-hybridized carbons (Fsp3) is 0.286. The van der Waals surface area contributed by atoms with Crippen LogP contribution >= 0.6 is 31.9 Å². The second-order valence-corrected chi connectivity index (χ2v) is 6.26. The summed E-state index contributed by atoms with van der Waals surface area (Å²) >= 11 is 7.46. The van der Waals surface area contributed by atoms with E-state index in [1.165, 1.54) is 33.7 Å². The topological polar surface area (TPSA) is 0 Å². The van der Waals surface area contributed by atoms with Gasteiger partial charge in [0.2, 0.25) is 0 Å². The summed E-state index contributed by atoms with van der Waals surface area (Å²) in [6.07, 6.45) is 2.72. The fourth-order valence-electron chi connectivity index (χ4n) is 2.17. The first-order valence-electron chi connectivity index (χ1n) is 5.58. The molecule has 1 unspecified atom stereocenters. The lowest BCUT2D eigenvalue weighted by atomic mass is 10.0. The Balaban J connectivity index is 2.20. The molecule has 0 saturated heterocycles. The minimum absolute atomic E-state index is 0.519. The van der Waals surface area contributed by atoms with Gasteiger partial charge < -0.3 is 0 Å². The lowest BCUT2D eigenvalue weighted by molar-refractivity contribution is 0.829. The Morgan fingerprint density at radius 3 is 2.38 bits per heavy atom. The van der Waals surface area contributed by atoms with Gasteiger partial charge in [-0.3, -0.25) is 0 Å². The van der Waals surface area contributed by atoms with E-state index in [4.69, 9.17) is 0 Å². The average Bonchev–Trinajstić information content (AvgIpc) is 3.13. The highest BCUT2D eigenvalue weighted by Gasteiger charge is 2.31. The lowest BCUT2D eigenvalue weighted by Crippen LogP contribution is -1.93. The Hall–Kier alpha value is -0.340. The molecule has 1 atom stereocenters. The number of fused-ring (bicyclic) bond motifs is 1. The third-order valence-corrected chi connectivity index (χ3v) is 5.17. The zero-order valence-electron chi connectivity index (χ0n) is 8.79. The molecule has 1 fully saturated rings. The third-order valence-electron chi connectivity index (χ3n) is 3.24. The second kappa shape index (κ2) is 4.15. The van der Waals surface area contributed by atoms with E-state index in [-0.39, 0.29) is 0 Å². The van der Waals surface area contributed by atoms with Crippen LogP contribution in [0.15, 0.2) is 40.9 Å². The first kappa shape index (κ1) is 10.8. The quantitative estimate of drug-likeness (QED) is 0.638. The van der Waals surface area contributed by atoms with Gasteiger partial charge in [0.25, 0.3) is 0 Å². The van der Waals surface area contributed by atoms with E-state index < -0.39 is 0 Å². The summed E-state index contributed by atoms with van der Waals surface area (Å²) in [7, 11) is 0. The van der Waals surface area contributed by atoms with E-state index in [2.05, 4.69) is 68.3 Å². The van der Waals surface area contributed by atoms with Crippen molar-refractivity contribution >= 4 is 42.6 Å². The second-order valence-electron chi connectivity index (χ2n) is 4.42. The Morgan fingerprint density at radius 1 is 1.00 bits per heavy atom. The summed E-state index contributed by atoms with van der Waals surface area (Å²) in [6, 6.07) is 13.0. The van der Waals surface area contributed by atoms with Crippen LogP contribution in [0.25, 0.3) is 10.8 Å². The van der Waals surface area contributed by atoms with Crippen molar-refractivity contribution in [1.29, 1.82) is 0 Å². The zero-order chi connectivity index (χ0) is 11.1. The minimum Gasteiger partial charge on any atom is -0.0836 e. The number of benzene rings is 2. The number of alkyl halides is 1. The van der Waals surface area contributed by atoms with Crippen molar-refractivity contribution in [3.05, 3.63) is 46.4 Å². The first-order valence-corrected chi connectivity index (χ1v) is 7.29. The van der Waals surface area contributed by atoms with E-state index in [1.807, 2.05) is 0 Å². The molecule has 0 N–H and O–H groups in total. The highest BCUT2D eigenvalue weighted by Crippen LogP contribution is 2.48. The largest absolute Gasteiger partial charge is 0.0836 e. The van der Waals surface area contributed by atoms with Gasteiger partial charge in [0.05, 0.1) is 0 Å². The summed E-state index contributed by atoms with van der Waals surface area (Å²) in [5, 5.41) is 2.68. The predicted molar refractivity (Wildman–Crippen MR) is 76.0 cm³/mol. The van der Waals surface area contributed by atoms with Crippen molar-refractivity contribution in [3.8, 4) is 0 Å². The average molecular weight is 340 g/mol. The highest BCUT2D eigenvalue weighted by molar-refractivity contribution is 9.10. The SMILES string of the molecule is Brc1ccc(C(Br)C2CC2)c2ccccc12. The molecule has 0 spiro atoms. The summed E-state index contributed by atoms with van der Waals surface area (Å²) in [4.78, 5) is 0.519. The van der Waals surface area contributed by atoms with Gasteiger partial charge in [-0.1, -0.05) is 62.2 Å². The van der Waals surface area contributed by atoms with Gasteiger partial charge in [0, 0.05) is 9.30 Å². The van der Waals surface area contributed by atoms with Gasteiger partial charge in [0.15, 0.2) is 0 Å². The molecule has 82 valence electrons. The van der Waals surface area contributed by atoms with Crippen molar-refractivity contribution < 1.29 is 0 Å². The van der Waals surface area contributed by atoms with Crippen LogP contribution in [-0.4, -0.2) is 0 Å². The van der Waals surface area contributed by atoms with Gasteiger partial charge in [-0.25, -0.2) is 0 Å². The molecule has 0 heterocycles. The van der Waals surface area contributed by atoms with E-state index in [1.54, 1.807) is 0 Å². The van der Waals surface area contributed by atoms with Gasteiger partial charge in [-0.2, -0.15) is 0 Å². The molecule has 0 aromatic heterocycles. The van der Waals surface area contributed by atoms with Crippen molar-refractivity contribution in [3.63, 3.8) is 0 Å². The predicted octanol–water partition coefficient (Wildman–Crippen LogP) is 5.45. The standard InChI is InChI=1S/C14H12Br2/c15-13-8-7-12(14(16)9-5-6-9)10-3-1-2-4-11(10)13/h1-4,7-9,14H,5-6H2. The van der Waals surface area contributed by atoms with Crippen molar-refractivity contribution in [2.75, 3.05) is 0 Å². The number of rotatable bonds is 2. The van der Waals surface area contributed by atoms with Crippen molar-refractivity contribution in [2.45, 2.75) is 17.7 Å². The molecule has 0 nitrogen and oxygen atoms in total. The smallest absolute Gasteiger partial charge is 0.0429 e. The van der Waals surface area contributed by atoms with Crippen LogP contribution < -0.4 is 0 Å². The molecule has 2 aromatic carbocycles. The van der Waals surface area contributed by atoms with E-state index in [0.29, 0.717) is 4.83 Å². The van der Waals surface area contributed by atoms with Crippen LogP contribution in [0.3, 0.4) is 0 Å². The van der Waals surface area contributed by atoms with Gasteiger partial charge in [-0.15, -0.1) is 0 Å². The molecule has 0 radical (unpaired) electrons. The molecule has 0 bridgehead atoms. The van der Waals surface area contributed by atoms with E-state index in [0.717, 1.165) is 5.92 Å². The number of hydrogen-bond donors (Lipinski definition) is 0. The molecule has 1 aliphatic rings. The van der Waals surface area contributed by atoms with Crippen LogP contribution in [0.2, 0.25) is 0 Å². The molecule has 2 aromatic rings. The van der Waals surface area contributed by atoms with Crippen LogP contribution in [-0.2, 0) is 0 Å². The molecular weight excluding hydrogens is 328 g/mol. The number of halogens is 2. The van der Waals surface area contributed by atoms with Crippen LogP contribution in [0.5, 0.6) is 0 Å². The van der Waals surface area contributed by atoms with Gasteiger partial charge in [-0.05, 0) is 41.2 Å². The summed E-state index contributed by atoms with van der Waals surface area (Å²) in [5.74, 6) is 0.838. The molecule has 2 heteroatoms. The first-order chi connectivity index (χ1) is 7.77. The van der Waals surface area contributed by atoms with Gasteiger partial charge in [0.1, 0.15) is 0 Å². The molecule has 16 heavy (non-hydrogen) atoms. The maximum atomic E-state index is 3.84. The monoisotopic (exact) mass is 338 g/mol. The Labute approximate surface area is 112 Å².